The van der Waals surface area contributed by atoms with Gasteiger partial charge in [0.15, 0.2) is 0 Å². The largest absolute Gasteiger partial charge is 0.480 e. The topological polar surface area (TPSA) is 221 Å². The molecule has 0 bridgehead atoms. The van der Waals surface area contributed by atoms with Gasteiger partial charge in [-0.05, 0) is 22.3 Å². The van der Waals surface area contributed by atoms with E-state index in [1.165, 1.54) is 6.92 Å². The van der Waals surface area contributed by atoms with Crippen molar-refractivity contribution in [3.63, 3.8) is 0 Å². The van der Waals surface area contributed by atoms with Gasteiger partial charge in [-0.15, -0.1) is 11.8 Å². The van der Waals surface area contributed by atoms with Gasteiger partial charge in [0.2, 0.25) is 29.5 Å². The summed E-state index contributed by atoms with van der Waals surface area (Å²) in [6.07, 6.45) is -0.842. The predicted octanol–water partition coefficient (Wildman–Crippen LogP) is -0.730. The number of thioether (sulfide) groups is 1. The molecule has 0 heterocycles. The van der Waals surface area contributed by atoms with E-state index < -0.39 is 67.9 Å². The second kappa shape index (κ2) is 17.2. The Labute approximate surface area is 262 Å². The molecule has 1 atom stereocenters. The molecule has 0 spiro atoms. The molecule has 240 valence electrons. The van der Waals surface area contributed by atoms with Crippen molar-refractivity contribution in [3.8, 4) is 11.1 Å². The summed E-state index contributed by atoms with van der Waals surface area (Å²) < 4.78 is 5.53. The van der Waals surface area contributed by atoms with E-state index >= 15 is 0 Å². The first-order valence-electron chi connectivity index (χ1n) is 13.8. The molecule has 3 rings (SSSR count). The maximum absolute atomic E-state index is 12.9. The maximum Gasteiger partial charge on any atom is 0.407 e. The van der Waals surface area contributed by atoms with E-state index in [1.807, 2.05) is 48.5 Å². The van der Waals surface area contributed by atoms with Crippen LogP contribution in [0.1, 0.15) is 24.0 Å². The van der Waals surface area contributed by atoms with Gasteiger partial charge >= 0.3 is 12.1 Å². The van der Waals surface area contributed by atoms with Crippen molar-refractivity contribution in [3.05, 3.63) is 59.7 Å². The first kappa shape index (κ1) is 34.4. The van der Waals surface area contributed by atoms with E-state index in [1.54, 1.807) is 0 Å². The zero-order chi connectivity index (χ0) is 32.8. The van der Waals surface area contributed by atoms with E-state index in [0.29, 0.717) is 0 Å². The molecule has 1 aliphatic rings. The van der Waals surface area contributed by atoms with Gasteiger partial charge < -0.3 is 41.7 Å². The van der Waals surface area contributed by atoms with Crippen LogP contribution in [0.2, 0.25) is 0 Å². The minimum absolute atomic E-state index is 0.0267. The zero-order valence-electron chi connectivity index (χ0n) is 24.3. The summed E-state index contributed by atoms with van der Waals surface area (Å²) in [7, 11) is 0. The normalized spacial score (nSPS) is 12.0. The zero-order valence-corrected chi connectivity index (χ0v) is 25.2. The third-order valence-corrected chi connectivity index (χ3v) is 7.33. The van der Waals surface area contributed by atoms with Crippen LogP contribution < -0.4 is 31.9 Å². The van der Waals surface area contributed by atoms with E-state index in [-0.39, 0.29) is 30.1 Å². The van der Waals surface area contributed by atoms with Gasteiger partial charge in [-0.25, -0.2) is 4.79 Å². The van der Waals surface area contributed by atoms with Crippen LogP contribution in [0.5, 0.6) is 0 Å². The van der Waals surface area contributed by atoms with E-state index in [0.717, 1.165) is 34.0 Å². The van der Waals surface area contributed by atoms with E-state index in [2.05, 4.69) is 31.9 Å². The van der Waals surface area contributed by atoms with Crippen LogP contribution in [0.4, 0.5) is 4.79 Å². The highest BCUT2D eigenvalue weighted by Crippen LogP contribution is 2.44. The highest BCUT2D eigenvalue weighted by atomic mass is 32.2. The Morgan fingerprint density at radius 2 is 1.27 bits per heavy atom. The Kier molecular flexibility index (Phi) is 13.2. The molecular weight excluding hydrogens is 608 g/mol. The molecule has 0 radical (unpaired) electrons. The monoisotopic (exact) mass is 642 g/mol. The third-order valence-electron chi connectivity index (χ3n) is 6.41. The number of hydrogen-bond acceptors (Lipinski definition) is 9. The SMILES string of the molecule is CC(=O)NCSC[C@H](NC(=O)OCC1c2ccccc2-c2ccccc21)C(=O)NCC(=O)NCC(=O)NCC(=O)NCC(=O)O. The minimum atomic E-state index is -1.24. The molecule has 2 aromatic rings. The number of benzene rings is 2. The number of amides is 6. The molecule has 45 heavy (non-hydrogen) atoms. The average Bonchev–Trinajstić information content (AvgIpc) is 3.34. The van der Waals surface area contributed by atoms with Crippen molar-refractivity contribution < 1.29 is 43.4 Å². The summed E-state index contributed by atoms with van der Waals surface area (Å²) in [6.45, 7) is -0.753. The maximum atomic E-state index is 12.9. The Morgan fingerprint density at radius 1 is 0.756 bits per heavy atom. The van der Waals surface area contributed by atoms with Crippen molar-refractivity contribution in [2.24, 2.45) is 0 Å². The Bertz CT molecular complexity index is 1390. The van der Waals surface area contributed by atoms with Gasteiger partial charge in [-0.3, -0.25) is 28.8 Å². The van der Waals surface area contributed by atoms with Crippen molar-refractivity contribution in [1.82, 2.24) is 31.9 Å². The Hall–Kier alpha value is -5.12. The van der Waals surface area contributed by atoms with Gasteiger partial charge in [0, 0.05) is 18.6 Å². The van der Waals surface area contributed by atoms with Crippen molar-refractivity contribution >= 4 is 53.4 Å². The number of aliphatic carboxylic acids is 1. The molecular formula is C29H34N6O9S. The summed E-state index contributed by atoms with van der Waals surface area (Å²) in [5, 5.41) is 22.5. The van der Waals surface area contributed by atoms with Crippen LogP contribution in [0.25, 0.3) is 11.1 Å². The second-order valence-electron chi connectivity index (χ2n) is 9.71. The summed E-state index contributed by atoms with van der Waals surface area (Å²) in [4.78, 5) is 82.8. The molecule has 2 aromatic carbocycles. The Morgan fingerprint density at radius 3 is 1.80 bits per heavy atom. The van der Waals surface area contributed by atoms with Gasteiger partial charge in [-0.1, -0.05) is 48.5 Å². The lowest BCUT2D eigenvalue weighted by molar-refractivity contribution is -0.137. The molecule has 15 nitrogen and oxygen atoms in total. The number of carbonyl (C=O) groups excluding carboxylic acids is 6. The number of hydrogen-bond donors (Lipinski definition) is 7. The number of carbonyl (C=O) groups is 7. The fourth-order valence-electron chi connectivity index (χ4n) is 4.30. The molecule has 0 saturated carbocycles. The predicted molar refractivity (Wildman–Crippen MR) is 163 cm³/mol. The van der Waals surface area contributed by atoms with Crippen LogP contribution >= 0.6 is 11.8 Å². The lowest BCUT2D eigenvalue weighted by Crippen LogP contribution is -2.51. The molecule has 7 N–H and O–H groups in total. The Balaban J connectivity index is 1.49. The minimum Gasteiger partial charge on any atom is -0.480 e. The van der Waals surface area contributed by atoms with Crippen LogP contribution in [-0.2, 0) is 33.5 Å². The summed E-state index contributed by atoms with van der Waals surface area (Å²) >= 11 is 1.16. The number of nitrogens with one attached hydrogen (secondary N) is 6. The van der Waals surface area contributed by atoms with Gasteiger partial charge in [0.25, 0.3) is 0 Å². The highest BCUT2D eigenvalue weighted by Gasteiger charge is 2.30. The van der Waals surface area contributed by atoms with Crippen molar-refractivity contribution in [2.75, 3.05) is 44.4 Å². The lowest BCUT2D eigenvalue weighted by atomic mass is 9.98. The van der Waals surface area contributed by atoms with Gasteiger partial charge in [0.05, 0.1) is 25.5 Å². The molecule has 0 saturated heterocycles. The summed E-state index contributed by atoms with van der Waals surface area (Å²) in [5.74, 6) is -4.35. The van der Waals surface area contributed by atoms with Crippen molar-refractivity contribution in [1.29, 1.82) is 0 Å². The number of ether oxygens (including phenoxy) is 1. The molecule has 0 unspecified atom stereocenters. The average molecular weight is 643 g/mol. The number of carboxylic acids is 1. The summed E-state index contributed by atoms with van der Waals surface area (Å²) in [5.41, 5.74) is 4.16. The molecule has 0 aromatic heterocycles. The molecule has 6 amide bonds. The molecule has 1 aliphatic carbocycles. The first-order chi connectivity index (χ1) is 21.5. The fourth-order valence-corrected chi connectivity index (χ4v) is 5.20. The van der Waals surface area contributed by atoms with Crippen LogP contribution in [0.3, 0.4) is 0 Å². The second-order valence-corrected chi connectivity index (χ2v) is 10.7. The van der Waals surface area contributed by atoms with E-state index in [9.17, 15) is 33.6 Å². The summed E-state index contributed by atoms with van der Waals surface area (Å²) in [6, 6.07) is 14.5. The van der Waals surface area contributed by atoms with Crippen LogP contribution in [0, 0.1) is 0 Å². The number of alkyl carbamates (subject to hydrolysis) is 1. The standard InChI is InChI=1S/C29H34N6O9S/c1-17(36)34-16-45-15-23(28(42)33-12-26(39)31-10-24(37)30-11-25(38)32-13-27(40)41)35-29(43)44-14-22-20-8-4-2-6-18(20)19-7-3-5-9-21(19)22/h2-9,22-23H,10-16H2,1H3,(H,30,37)(H,31,39)(H,32,38)(H,33,42)(H,34,36)(H,35,43)(H,40,41)/t23-/m0/s1. The molecule has 0 fully saturated rings. The van der Waals surface area contributed by atoms with Crippen LogP contribution in [-0.4, -0.2) is 97.2 Å². The first-order valence-corrected chi connectivity index (χ1v) is 14.9. The van der Waals surface area contributed by atoms with E-state index in [4.69, 9.17) is 9.84 Å². The van der Waals surface area contributed by atoms with Gasteiger partial charge in [0.1, 0.15) is 19.2 Å². The van der Waals surface area contributed by atoms with Gasteiger partial charge in [-0.2, -0.15) is 0 Å². The number of rotatable bonds is 16. The molecule has 16 heteroatoms. The smallest absolute Gasteiger partial charge is 0.407 e. The van der Waals surface area contributed by atoms with Crippen LogP contribution in [0.15, 0.2) is 48.5 Å². The number of fused-ring (bicyclic) bond motifs is 3. The van der Waals surface area contributed by atoms with Crippen molar-refractivity contribution in [2.45, 2.75) is 18.9 Å². The number of carboxylic acid groups (broad SMARTS) is 1. The highest BCUT2D eigenvalue weighted by molar-refractivity contribution is 7.99. The lowest BCUT2D eigenvalue weighted by Gasteiger charge is -2.19. The quantitative estimate of drug-likeness (QED) is 0.0899. The fraction of sp³-hybridized carbons (Fsp3) is 0.345. The molecule has 0 aliphatic heterocycles. The third kappa shape index (κ3) is 11.1.